The van der Waals surface area contributed by atoms with Crippen molar-refractivity contribution in [3.8, 4) is 0 Å². The zero-order valence-electron chi connectivity index (χ0n) is 15.7. The second-order valence-electron chi connectivity index (χ2n) is 6.13. The van der Waals surface area contributed by atoms with E-state index in [1.54, 1.807) is 0 Å². The van der Waals surface area contributed by atoms with Crippen molar-refractivity contribution in [1.82, 2.24) is 10.2 Å². The number of nitrogens with two attached hydrogens (primary N) is 1. The van der Waals surface area contributed by atoms with Crippen molar-refractivity contribution in [1.29, 1.82) is 0 Å². The highest BCUT2D eigenvalue weighted by Crippen LogP contribution is 2.31. The molecule has 0 spiro atoms. The van der Waals surface area contributed by atoms with Crippen LogP contribution in [0.4, 0.5) is 9.93 Å². The fourth-order valence-corrected chi connectivity index (χ4v) is 4.11. The number of aromatic nitrogens is 2. The normalized spacial score (nSPS) is 11.7. The Balaban J connectivity index is 1.70. The van der Waals surface area contributed by atoms with Crippen LogP contribution in [0.15, 0.2) is 65.0 Å². The number of hydrogen-bond donors (Lipinski definition) is 1. The first-order valence-corrected chi connectivity index (χ1v) is 10.7. The molecule has 0 unspecified atom stereocenters. The van der Waals surface area contributed by atoms with Crippen LogP contribution in [0.5, 0.6) is 0 Å². The van der Waals surface area contributed by atoms with Crippen molar-refractivity contribution >= 4 is 40.2 Å². The minimum Gasteiger partial charge on any atom is -0.444 e. The van der Waals surface area contributed by atoms with Gasteiger partial charge in [0.1, 0.15) is 6.61 Å². The molecule has 0 aliphatic carbocycles. The van der Waals surface area contributed by atoms with Crippen LogP contribution in [0.3, 0.4) is 0 Å². The van der Waals surface area contributed by atoms with Crippen LogP contribution >= 0.6 is 23.1 Å². The SMILES string of the molecule is C[C@H](N)C(=O)N(C(=O)OCc1ccccc1)c1nnc(SCc2ccccc2)s1. The predicted octanol–water partition coefficient (Wildman–Crippen LogP) is 3.85. The number of imide groups is 1. The molecule has 0 saturated heterocycles. The second kappa shape index (κ2) is 10.1. The lowest BCUT2D eigenvalue weighted by molar-refractivity contribution is -0.119. The van der Waals surface area contributed by atoms with Crippen LogP contribution in [-0.4, -0.2) is 28.2 Å². The van der Waals surface area contributed by atoms with Gasteiger partial charge in [-0.2, -0.15) is 4.90 Å². The van der Waals surface area contributed by atoms with E-state index in [0.717, 1.165) is 27.4 Å². The number of hydrogen-bond acceptors (Lipinski definition) is 8. The third-order valence-corrected chi connectivity index (χ3v) is 5.90. The summed E-state index contributed by atoms with van der Waals surface area (Å²) in [6, 6.07) is 18.2. The van der Waals surface area contributed by atoms with Gasteiger partial charge >= 0.3 is 6.09 Å². The number of rotatable bonds is 7. The van der Waals surface area contributed by atoms with E-state index in [0.29, 0.717) is 10.1 Å². The van der Waals surface area contributed by atoms with Gasteiger partial charge in [-0.1, -0.05) is 83.8 Å². The zero-order valence-corrected chi connectivity index (χ0v) is 17.4. The summed E-state index contributed by atoms with van der Waals surface area (Å²) in [6.45, 7) is 1.54. The molecular weight excluding hydrogens is 408 g/mol. The van der Waals surface area contributed by atoms with Crippen LogP contribution < -0.4 is 10.6 Å². The average molecular weight is 429 g/mol. The minimum atomic E-state index is -0.886. The Labute approximate surface area is 176 Å². The molecule has 0 aliphatic rings. The molecule has 2 amide bonds. The summed E-state index contributed by atoms with van der Waals surface area (Å²) in [5, 5.41) is 8.23. The Bertz CT molecular complexity index is 949. The number of benzene rings is 2. The highest BCUT2D eigenvalue weighted by Gasteiger charge is 2.30. The molecule has 9 heteroatoms. The number of nitrogens with zero attached hydrogens (tertiary/aromatic N) is 3. The van der Waals surface area contributed by atoms with Gasteiger partial charge in [0.25, 0.3) is 5.91 Å². The zero-order chi connectivity index (χ0) is 20.6. The van der Waals surface area contributed by atoms with Gasteiger partial charge in [-0.3, -0.25) is 4.79 Å². The number of thioether (sulfide) groups is 1. The molecule has 7 nitrogen and oxygen atoms in total. The number of carbonyl (C=O) groups excluding carboxylic acids is 2. The van der Waals surface area contributed by atoms with Crippen molar-refractivity contribution in [3.63, 3.8) is 0 Å². The summed E-state index contributed by atoms with van der Waals surface area (Å²) in [6.07, 6.45) is -0.827. The van der Waals surface area contributed by atoms with E-state index >= 15 is 0 Å². The van der Waals surface area contributed by atoms with Gasteiger partial charge in [0.15, 0.2) is 4.34 Å². The second-order valence-corrected chi connectivity index (χ2v) is 8.31. The van der Waals surface area contributed by atoms with Gasteiger partial charge in [0.2, 0.25) is 5.13 Å². The van der Waals surface area contributed by atoms with E-state index in [1.165, 1.54) is 18.7 Å². The van der Waals surface area contributed by atoms with Crippen LogP contribution in [0, 0.1) is 0 Å². The predicted molar refractivity (Wildman–Crippen MR) is 114 cm³/mol. The van der Waals surface area contributed by atoms with E-state index in [4.69, 9.17) is 10.5 Å². The number of carbonyl (C=O) groups is 2. The average Bonchev–Trinajstić information content (AvgIpc) is 3.20. The minimum absolute atomic E-state index is 0.0385. The molecule has 3 aromatic rings. The van der Waals surface area contributed by atoms with Crippen LogP contribution in [-0.2, 0) is 21.9 Å². The van der Waals surface area contributed by atoms with Crippen molar-refractivity contribution in [2.45, 2.75) is 29.7 Å². The highest BCUT2D eigenvalue weighted by atomic mass is 32.2. The van der Waals surface area contributed by atoms with E-state index in [9.17, 15) is 9.59 Å². The standard InChI is InChI=1S/C20H20N4O3S2/c1-14(21)17(25)24(20(26)27-12-15-8-4-2-5-9-15)18-22-23-19(29-18)28-13-16-10-6-3-7-11-16/h2-11,14H,12-13,21H2,1H3/t14-/m0/s1. The number of amides is 2. The molecule has 150 valence electrons. The lowest BCUT2D eigenvalue weighted by Gasteiger charge is -2.18. The Morgan fingerprint density at radius 2 is 1.69 bits per heavy atom. The van der Waals surface area contributed by atoms with Crippen molar-refractivity contribution in [2.75, 3.05) is 4.90 Å². The maximum Gasteiger partial charge on any atom is 0.423 e. The van der Waals surface area contributed by atoms with Crippen LogP contribution in [0.2, 0.25) is 0 Å². The first kappa shape index (κ1) is 21.0. The fraction of sp³-hybridized carbons (Fsp3) is 0.200. The van der Waals surface area contributed by atoms with Crippen molar-refractivity contribution < 1.29 is 14.3 Å². The summed E-state index contributed by atoms with van der Waals surface area (Å²) in [7, 11) is 0. The fourth-order valence-electron chi connectivity index (χ4n) is 2.32. The molecule has 2 N–H and O–H groups in total. The molecule has 2 aromatic carbocycles. The van der Waals surface area contributed by atoms with E-state index in [2.05, 4.69) is 10.2 Å². The summed E-state index contributed by atoms with van der Waals surface area (Å²) < 4.78 is 5.94. The van der Waals surface area contributed by atoms with E-state index in [-0.39, 0.29) is 11.7 Å². The lowest BCUT2D eigenvalue weighted by atomic mass is 10.2. The number of ether oxygens (including phenoxy) is 1. The van der Waals surface area contributed by atoms with Crippen molar-refractivity contribution in [2.24, 2.45) is 5.73 Å². The molecule has 29 heavy (non-hydrogen) atoms. The van der Waals surface area contributed by atoms with Crippen LogP contribution in [0.1, 0.15) is 18.1 Å². The molecule has 1 atom stereocenters. The topological polar surface area (TPSA) is 98.4 Å². The van der Waals surface area contributed by atoms with Gasteiger partial charge in [0.05, 0.1) is 6.04 Å². The Hall–Kier alpha value is -2.75. The Morgan fingerprint density at radius 1 is 1.07 bits per heavy atom. The maximum absolute atomic E-state index is 12.6. The maximum atomic E-state index is 12.6. The largest absolute Gasteiger partial charge is 0.444 e. The molecule has 0 fully saturated rings. The lowest BCUT2D eigenvalue weighted by Crippen LogP contribution is -2.46. The van der Waals surface area contributed by atoms with Gasteiger partial charge in [0, 0.05) is 5.75 Å². The molecular formula is C20H20N4O3S2. The molecule has 0 bridgehead atoms. The highest BCUT2D eigenvalue weighted by molar-refractivity contribution is 8.00. The Morgan fingerprint density at radius 3 is 2.31 bits per heavy atom. The van der Waals surface area contributed by atoms with Crippen LogP contribution in [0.25, 0.3) is 0 Å². The molecule has 1 heterocycles. The molecule has 0 radical (unpaired) electrons. The molecule has 0 aliphatic heterocycles. The monoisotopic (exact) mass is 428 g/mol. The van der Waals surface area contributed by atoms with Gasteiger partial charge in [-0.05, 0) is 18.1 Å². The first-order valence-electron chi connectivity index (χ1n) is 8.85. The molecule has 0 saturated carbocycles. The summed E-state index contributed by atoms with van der Waals surface area (Å²) in [5.74, 6) is 0.105. The van der Waals surface area contributed by atoms with E-state index < -0.39 is 18.0 Å². The quantitative estimate of drug-likeness (QED) is 0.451. The molecule has 3 rings (SSSR count). The summed E-state index contributed by atoms with van der Waals surface area (Å²) >= 11 is 2.62. The summed E-state index contributed by atoms with van der Waals surface area (Å²) in [5.41, 5.74) is 7.66. The van der Waals surface area contributed by atoms with Crippen molar-refractivity contribution in [3.05, 3.63) is 71.8 Å². The van der Waals surface area contributed by atoms with Gasteiger partial charge in [-0.15, -0.1) is 10.2 Å². The Kier molecular flexibility index (Phi) is 7.34. The summed E-state index contributed by atoms with van der Waals surface area (Å²) in [4.78, 5) is 26.0. The smallest absolute Gasteiger partial charge is 0.423 e. The third kappa shape index (κ3) is 5.86. The van der Waals surface area contributed by atoms with Gasteiger partial charge < -0.3 is 10.5 Å². The third-order valence-electron chi connectivity index (χ3n) is 3.79. The molecule has 1 aromatic heterocycles. The first-order chi connectivity index (χ1) is 14.0. The number of anilines is 1. The van der Waals surface area contributed by atoms with E-state index in [1.807, 2.05) is 60.7 Å². The van der Waals surface area contributed by atoms with Gasteiger partial charge in [-0.25, -0.2) is 4.79 Å².